The molecule has 0 aliphatic heterocycles. The SMILES string of the molecule is CCCc1noc(CC(=O)OC)n1. The Hall–Kier alpha value is -1.39. The lowest BCUT2D eigenvalue weighted by molar-refractivity contribution is -0.140. The van der Waals surface area contributed by atoms with E-state index in [-0.39, 0.29) is 12.4 Å². The lowest BCUT2D eigenvalue weighted by Crippen LogP contribution is -2.04. The zero-order chi connectivity index (χ0) is 9.68. The Morgan fingerprint density at radius 2 is 2.38 bits per heavy atom. The van der Waals surface area contributed by atoms with Gasteiger partial charge in [-0.25, -0.2) is 0 Å². The predicted octanol–water partition coefficient (Wildman–Crippen LogP) is 0.738. The van der Waals surface area contributed by atoms with Crippen LogP contribution < -0.4 is 0 Å². The first-order valence-electron chi connectivity index (χ1n) is 4.14. The highest BCUT2D eigenvalue weighted by molar-refractivity contribution is 5.70. The van der Waals surface area contributed by atoms with Crippen LogP contribution in [-0.4, -0.2) is 23.2 Å². The molecule has 0 amide bonds. The van der Waals surface area contributed by atoms with Gasteiger partial charge in [0.15, 0.2) is 5.82 Å². The normalized spacial score (nSPS) is 10.0. The zero-order valence-electron chi connectivity index (χ0n) is 7.74. The first-order valence-corrected chi connectivity index (χ1v) is 4.14. The molecule has 0 unspecified atom stereocenters. The van der Waals surface area contributed by atoms with Crippen LogP contribution in [0.25, 0.3) is 0 Å². The smallest absolute Gasteiger partial charge is 0.315 e. The number of rotatable bonds is 4. The molecule has 5 heteroatoms. The minimum atomic E-state index is -0.369. The molecule has 0 aromatic carbocycles. The van der Waals surface area contributed by atoms with Crippen molar-refractivity contribution in [2.45, 2.75) is 26.2 Å². The topological polar surface area (TPSA) is 65.2 Å². The average Bonchev–Trinajstić information content (AvgIpc) is 2.53. The van der Waals surface area contributed by atoms with Gasteiger partial charge in [-0.15, -0.1) is 0 Å². The Balaban J connectivity index is 2.53. The van der Waals surface area contributed by atoms with Crippen molar-refractivity contribution in [3.8, 4) is 0 Å². The van der Waals surface area contributed by atoms with E-state index in [4.69, 9.17) is 4.52 Å². The molecule has 0 saturated heterocycles. The Labute approximate surface area is 76.1 Å². The summed E-state index contributed by atoms with van der Waals surface area (Å²) in [6, 6.07) is 0. The summed E-state index contributed by atoms with van der Waals surface area (Å²) < 4.78 is 9.28. The van der Waals surface area contributed by atoms with Crippen molar-refractivity contribution in [2.24, 2.45) is 0 Å². The molecular formula is C8H12N2O3. The van der Waals surface area contributed by atoms with Gasteiger partial charge in [-0.1, -0.05) is 12.1 Å². The van der Waals surface area contributed by atoms with Gasteiger partial charge in [-0.2, -0.15) is 4.98 Å². The number of carbonyl (C=O) groups is 1. The average molecular weight is 184 g/mol. The van der Waals surface area contributed by atoms with Gasteiger partial charge in [-0.3, -0.25) is 4.79 Å². The number of aromatic nitrogens is 2. The van der Waals surface area contributed by atoms with Gasteiger partial charge >= 0.3 is 5.97 Å². The molecule has 72 valence electrons. The molecule has 1 aromatic heterocycles. The third-order valence-corrected chi connectivity index (χ3v) is 1.51. The first kappa shape index (κ1) is 9.70. The molecule has 0 spiro atoms. The van der Waals surface area contributed by atoms with Crippen molar-refractivity contribution in [1.29, 1.82) is 0 Å². The summed E-state index contributed by atoms with van der Waals surface area (Å²) in [5, 5.41) is 3.70. The van der Waals surface area contributed by atoms with E-state index in [1.807, 2.05) is 6.92 Å². The van der Waals surface area contributed by atoms with Crippen LogP contribution in [0.1, 0.15) is 25.1 Å². The summed E-state index contributed by atoms with van der Waals surface area (Å²) in [4.78, 5) is 14.8. The largest absolute Gasteiger partial charge is 0.469 e. The van der Waals surface area contributed by atoms with Crippen molar-refractivity contribution >= 4 is 5.97 Å². The summed E-state index contributed by atoms with van der Waals surface area (Å²) in [5.41, 5.74) is 0. The summed E-state index contributed by atoms with van der Waals surface area (Å²) in [6.07, 6.45) is 1.77. The van der Waals surface area contributed by atoms with E-state index >= 15 is 0 Å². The molecule has 13 heavy (non-hydrogen) atoms. The van der Waals surface area contributed by atoms with Crippen LogP contribution in [0.15, 0.2) is 4.52 Å². The number of hydrogen-bond donors (Lipinski definition) is 0. The molecule has 0 fully saturated rings. The van der Waals surface area contributed by atoms with Crippen LogP contribution >= 0.6 is 0 Å². The quantitative estimate of drug-likeness (QED) is 0.645. The first-order chi connectivity index (χ1) is 6.26. The van der Waals surface area contributed by atoms with E-state index in [1.165, 1.54) is 7.11 Å². The number of hydrogen-bond acceptors (Lipinski definition) is 5. The molecule has 1 aromatic rings. The maximum absolute atomic E-state index is 10.8. The molecule has 1 rings (SSSR count). The maximum atomic E-state index is 10.8. The van der Waals surface area contributed by atoms with Crippen LogP contribution in [-0.2, 0) is 22.4 Å². The lowest BCUT2D eigenvalue weighted by atomic mass is 10.3. The Kier molecular flexibility index (Phi) is 3.42. The predicted molar refractivity (Wildman–Crippen MR) is 44.0 cm³/mol. The maximum Gasteiger partial charge on any atom is 0.315 e. The van der Waals surface area contributed by atoms with Crippen molar-refractivity contribution in [1.82, 2.24) is 10.1 Å². The van der Waals surface area contributed by atoms with E-state index in [1.54, 1.807) is 0 Å². The van der Waals surface area contributed by atoms with Gasteiger partial charge in [0.1, 0.15) is 6.42 Å². The Morgan fingerprint density at radius 3 is 3.00 bits per heavy atom. The zero-order valence-corrected chi connectivity index (χ0v) is 7.74. The number of ether oxygens (including phenoxy) is 1. The summed E-state index contributed by atoms with van der Waals surface area (Å²) in [7, 11) is 1.33. The van der Waals surface area contributed by atoms with E-state index in [0.29, 0.717) is 11.7 Å². The number of esters is 1. The van der Waals surface area contributed by atoms with Crippen molar-refractivity contribution in [3.05, 3.63) is 11.7 Å². The van der Waals surface area contributed by atoms with Gasteiger partial charge in [0.2, 0.25) is 5.89 Å². The third-order valence-electron chi connectivity index (χ3n) is 1.51. The number of aryl methyl sites for hydroxylation is 1. The summed E-state index contributed by atoms with van der Waals surface area (Å²) in [5.74, 6) is 0.586. The summed E-state index contributed by atoms with van der Waals surface area (Å²) in [6.45, 7) is 2.02. The van der Waals surface area contributed by atoms with E-state index in [2.05, 4.69) is 14.9 Å². The highest BCUT2D eigenvalue weighted by Crippen LogP contribution is 2.01. The highest BCUT2D eigenvalue weighted by atomic mass is 16.5. The van der Waals surface area contributed by atoms with Crippen LogP contribution in [0.4, 0.5) is 0 Å². The second kappa shape index (κ2) is 4.59. The molecule has 0 N–H and O–H groups in total. The fourth-order valence-corrected chi connectivity index (χ4v) is 0.883. The van der Waals surface area contributed by atoms with Gasteiger partial charge in [-0.05, 0) is 6.42 Å². The third kappa shape index (κ3) is 2.85. The number of methoxy groups -OCH3 is 1. The monoisotopic (exact) mass is 184 g/mol. The summed E-state index contributed by atoms with van der Waals surface area (Å²) >= 11 is 0. The molecule has 5 nitrogen and oxygen atoms in total. The van der Waals surface area contributed by atoms with Crippen molar-refractivity contribution in [2.75, 3.05) is 7.11 Å². The van der Waals surface area contributed by atoms with Gasteiger partial charge in [0.05, 0.1) is 7.11 Å². The van der Waals surface area contributed by atoms with Crippen LogP contribution in [0.2, 0.25) is 0 Å². The van der Waals surface area contributed by atoms with E-state index in [9.17, 15) is 4.79 Å². The molecule has 0 aliphatic carbocycles. The fourth-order valence-electron chi connectivity index (χ4n) is 0.883. The van der Waals surface area contributed by atoms with Crippen LogP contribution in [0, 0.1) is 0 Å². The second-order valence-electron chi connectivity index (χ2n) is 2.61. The van der Waals surface area contributed by atoms with E-state index < -0.39 is 0 Å². The Bertz CT molecular complexity index is 283. The molecule has 0 saturated carbocycles. The highest BCUT2D eigenvalue weighted by Gasteiger charge is 2.10. The fraction of sp³-hybridized carbons (Fsp3) is 0.625. The van der Waals surface area contributed by atoms with Gasteiger partial charge in [0, 0.05) is 6.42 Å². The molecule has 0 atom stereocenters. The minimum absolute atomic E-state index is 0.0488. The van der Waals surface area contributed by atoms with E-state index in [0.717, 1.165) is 12.8 Å². The number of carbonyl (C=O) groups excluding carboxylic acids is 1. The number of nitrogens with zero attached hydrogens (tertiary/aromatic N) is 2. The molecule has 1 heterocycles. The molecular weight excluding hydrogens is 172 g/mol. The van der Waals surface area contributed by atoms with Crippen molar-refractivity contribution in [3.63, 3.8) is 0 Å². The molecule has 0 bridgehead atoms. The Morgan fingerprint density at radius 1 is 1.62 bits per heavy atom. The molecule has 0 aliphatic rings. The van der Waals surface area contributed by atoms with Gasteiger partial charge in [0.25, 0.3) is 0 Å². The minimum Gasteiger partial charge on any atom is -0.469 e. The van der Waals surface area contributed by atoms with Crippen LogP contribution in [0.3, 0.4) is 0 Å². The van der Waals surface area contributed by atoms with Crippen molar-refractivity contribution < 1.29 is 14.1 Å². The van der Waals surface area contributed by atoms with Gasteiger partial charge < -0.3 is 9.26 Å². The second-order valence-corrected chi connectivity index (χ2v) is 2.61. The molecule has 0 radical (unpaired) electrons. The lowest BCUT2D eigenvalue weighted by Gasteiger charge is -1.91. The standard InChI is InChI=1S/C8H12N2O3/c1-3-4-6-9-7(13-10-6)5-8(11)12-2/h3-5H2,1-2H3. The van der Waals surface area contributed by atoms with Crippen LogP contribution in [0.5, 0.6) is 0 Å².